The van der Waals surface area contributed by atoms with Crippen LogP contribution in [0.15, 0.2) is 48.5 Å². The molecule has 0 aliphatic rings. The zero-order chi connectivity index (χ0) is 21.0. The summed E-state index contributed by atoms with van der Waals surface area (Å²) in [5, 5.41) is 6.84. The van der Waals surface area contributed by atoms with Crippen molar-refractivity contribution in [1.29, 1.82) is 0 Å². The third-order valence-corrected chi connectivity index (χ3v) is 5.11. The van der Waals surface area contributed by atoms with Gasteiger partial charge in [0.1, 0.15) is 0 Å². The highest BCUT2D eigenvalue weighted by Crippen LogP contribution is 2.18. The number of anilines is 1. The van der Waals surface area contributed by atoms with Crippen molar-refractivity contribution in [3.05, 3.63) is 70.9 Å². The number of nitrogens with one attached hydrogen (secondary N) is 2. The quantitative estimate of drug-likeness (QED) is 0.638. The molecule has 1 aromatic heterocycles. The van der Waals surface area contributed by atoms with Crippen LogP contribution in [0.3, 0.4) is 0 Å². The molecular formula is C24H27N3O2. The average molecular weight is 389 g/mol. The maximum absolute atomic E-state index is 12.7. The van der Waals surface area contributed by atoms with Crippen LogP contribution in [0, 0.1) is 19.8 Å². The van der Waals surface area contributed by atoms with Gasteiger partial charge in [0.25, 0.3) is 5.91 Å². The minimum atomic E-state index is -0.160. The highest BCUT2D eigenvalue weighted by atomic mass is 16.2. The van der Waals surface area contributed by atoms with Crippen molar-refractivity contribution < 1.29 is 9.59 Å². The van der Waals surface area contributed by atoms with E-state index in [1.807, 2.05) is 76.2 Å². The van der Waals surface area contributed by atoms with Gasteiger partial charge in [0.05, 0.1) is 16.8 Å². The summed E-state index contributed by atoms with van der Waals surface area (Å²) in [5.41, 5.74) is 4.95. The molecule has 0 fully saturated rings. The molecule has 3 aromatic rings. The molecule has 2 aromatic carbocycles. The second kappa shape index (κ2) is 8.86. The smallest absolute Gasteiger partial charge is 0.253 e. The predicted molar refractivity (Wildman–Crippen MR) is 117 cm³/mol. The Morgan fingerprint density at radius 1 is 1.07 bits per heavy atom. The lowest BCUT2D eigenvalue weighted by atomic mass is 10.1. The summed E-state index contributed by atoms with van der Waals surface area (Å²) in [6.45, 7) is 8.13. The Hall–Kier alpha value is -3.21. The first kappa shape index (κ1) is 20.5. The van der Waals surface area contributed by atoms with E-state index in [-0.39, 0.29) is 17.7 Å². The molecule has 3 rings (SSSR count). The van der Waals surface area contributed by atoms with Crippen molar-refractivity contribution in [2.75, 3.05) is 5.32 Å². The van der Waals surface area contributed by atoms with Crippen LogP contribution in [0.4, 0.5) is 5.69 Å². The van der Waals surface area contributed by atoms with Gasteiger partial charge in [0, 0.05) is 23.5 Å². The Labute approximate surface area is 171 Å². The minimum absolute atomic E-state index is 0.00171. The second-order valence-corrected chi connectivity index (χ2v) is 7.50. The van der Waals surface area contributed by atoms with Crippen LogP contribution in [-0.4, -0.2) is 16.8 Å². The van der Waals surface area contributed by atoms with Crippen LogP contribution < -0.4 is 10.6 Å². The molecule has 0 spiro atoms. The van der Waals surface area contributed by atoms with E-state index in [4.69, 9.17) is 0 Å². The molecule has 0 saturated heterocycles. The van der Waals surface area contributed by atoms with Crippen molar-refractivity contribution in [3.8, 4) is 0 Å². The molecule has 1 heterocycles. The summed E-state index contributed by atoms with van der Waals surface area (Å²) < 4.78 is 0. The molecule has 1 atom stereocenters. The van der Waals surface area contributed by atoms with E-state index in [1.165, 1.54) is 0 Å². The lowest BCUT2D eigenvalue weighted by Gasteiger charge is -2.12. The number of benzene rings is 2. The van der Waals surface area contributed by atoms with Crippen molar-refractivity contribution in [2.45, 2.75) is 40.7 Å². The van der Waals surface area contributed by atoms with Crippen molar-refractivity contribution in [1.82, 2.24) is 10.3 Å². The zero-order valence-electron chi connectivity index (χ0n) is 17.4. The molecule has 1 unspecified atom stereocenters. The van der Waals surface area contributed by atoms with E-state index in [2.05, 4.69) is 15.6 Å². The van der Waals surface area contributed by atoms with Gasteiger partial charge in [0.2, 0.25) is 5.91 Å². The SMILES string of the molecule is CCC(C)C(=O)Nc1cccc(CNC(=O)c2cc3cc(C)ccc3nc2C)c1. The Bertz CT molecular complexity index is 1060. The van der Waals surface area contributed by atoms with E-state index < -0.39 is 0 Å². The van der Waals surface area contributed by atoms with Gasteiger partial charge in [-0.3, -0.25) is 14.6 Å². The fraction of sp³-hybridized carbons (Fsp3) is 0.292. The van der Waals surface area contributed by atoms with Crippen LogP contribution in [0.5, 0.6) is 0 Å². The zero-order valence-corrected chi connectivity index (χ0v) is 17.4. The minimum Gasteiger partial charge on any atom is -0.348 e. The summed E-state index contributed by atoms with van der Waals surface area (Å²) in [5.74, 6) is -0.195. The van der Waals surface area contributed by atoms with Crippen molar-refractivity contribution >= 4 is 28.4 Å². The molecule has 2 N–H and O–H groups in total. The van der Waals surface area contributed by atoms with Gasteiger partial charge < -0.3 is 10.6 Å². The maximum atomic E-state index is 12.7. The lowest BCUT2D eigenvalue weighted by molar-refractivity contribution is -0.119. The molecule has 0 aliphatic heterocycles. The number of amides is 2. The first-order chi connectivity index (χ1) is 13.9. The average Bonchev–Trinajstić information content (AvgIpc) is 2.71. The summed E-state index contributed by atoms with van der Waals surface area (Å²) in [6, 6.07) is 15.4. The van der Waals surface area contributed by atoms with Gasteiger partial charge in [0.15, 0.2) is 0 Å². The summed E-state index contributed by atoms with van der Waals surface area (Å²) in [4.78, 5) is 29.4. The molecule has 0 bridgehead atoms. The number of hydrogen-bond donors (Lipinski definition) is 2. The third kappa shape index (κ3) is 4.99. The number of rotatable bonds is 6. The molecule has 0 saturated carbocycles. The Morgan fingerprint density at radius 3 is 2.62 bits per heavy atom. The monoisotopic (exact) mass is 389 g/mol. The molecule has 29 heavy (non-hydrogen) atoms. The molecular weight excluding hydrogens is 362 g/mol. The van der Waals surface area contributed by atoms with E-state index in [0.29, 0.717) is 17.8 Å². The van der Waals surface area contributed by atoms with Gasteiger partial charge in [-0.15, -0.1) is 0 Å². The fourth-order valence-corrected chi connectivity index (χ4v) is 3.11. The van der Waals surface area contributed by atoms with Gasteiger partial charge in [-0.05, 0) is 56.2 Å². The van der Waals surface area contributed by atoms with Crippen LogP contribution in [0.25, 0.3) is 10.9 Å². The standard InChI is InChI=1S/C24H27N3O2/c1-5-16(3)23(28)27-20-8-6-7-18(12-20)14-25-24(29)21-13-19-11-15(2)9-10-22(19)26-17(21)4/h6-13,16H,5,14H2,1-4H3,(H,25,29)(H,27,28). The van der Waals surface area contributed by atoms with Crippen LogP contribution >= 0.6 is 0 Å². The molecule has 0 aliphatic carbocycles. The predicted octanol–water partition coefficient (Wildman–Crippen LogP) is 4.77. The Kier molecular flexibility index (Phi) is 6.27. The van der Waals surface area contributed by atoms with Crippen LogP contribution in [-0.2, 0) is 11.3 Å². The van der Waals surface area contributed by atoms with Crippen molar-refractivity contribution in [2.24, 2.45) is 5.92 Å². The normalized spacial score (nSPS) is 11.9. The maximum Gasteiger partial charge on any atom is 0.253 e. The molecule has 5 heteroatoms. The third-order valence-electron chi connectivity index (χ3n) is 5.11. The summed E-state index contributed by atoms with van der Waals surface area (Å²) in [6.07, 6.45) is 0.792. The first-order valence-electron chi connectivity index (χ1n) is 9.93. The lowest BCUT2D eigenvalue weighted by Crippen LogP contribution is -2.24. The van der Waals surface area contributed by atoms with Gasteiger partial charge in [-0.1, -0.05) is 37.6 Å². The topological polar surface area (TPSA) is 71.1 Å². The van der Waals surface area contributed by atoms with E-state index in [1.54, 1.807) is 0 Å². The van der Waals surface area contributed by atoms with Gasteiger partial charge >= 0.3 is 0 Å². The number of pyridine rings is 1. The number of hydrogen-bond acceptors (Lipinski definition) is 3. The second-order valence-electron chi connectivity index (χ2n) is 7.50. The highest BCUT2D eigenvalue weighted by molar-refractivity contribution is 5.98. The van der Waals surface area contributed by atoms with Gasteiger partial charge in [-0.2, -0.15) is 0 Å². The Morgan fingerprint density at radius 2 is 1.86 bits per heavy atom. The highest BCUT2D eigenvalue weighted by Gasteiger charge is 2.13. The van der Waals surface area contributed by atoms with Crippen LogP contribution in [0.1, 0.15) is 47.4 Å². The fourth-order valence-electron chi connectivity index (χ4n) is 3.11. The summed E-state index contributed by atoms with van der Waals surface area (Å²) >= 11 is 0. The number of aromatic nitrogens is 1. The summed E-state index contributed by atoms with van der Waals surface area (Å²) in [7, 11) is 0. The van der Waals surface area contributed by atoms with E-state index in [9.17, 15) is 9.59 Å². The largest absolute Gasteiger partial charge is 0.348 e. The van der Waals surface area contributed by atoms with Gasteiger partial charge in [-0.25, -0.2) is 0 Å². The van der Waals surface area contributed by atoms with E-state index in [0.717, 1.165) is 34.1 Å². The van der Waals surface area contributed by atoms with Crippen LogP contribution in [0.2, 0.25) is 0 Å². The molecule has 5 nitrogen and oxygen atoms in total. The number of nitrogens with zero attached hydrogens (tertiary/aromatic N) is 1. The molecule has 0 radical (unpaired) electrons. The van der Waals surface area contributed by atoms with Crippen molar-refractivity contribution in [3.63, 3.8) is 0 Å². The first-order valence-corrected chi connectivity index (χ1v) is 9.93. The Balaban J connectivity index is 1.71. The number of fused-ring (bicyclic) bond motifs is 1. The number of carbonyl (C=O) groups is 2. The molecule has 150 valence electrons. The molecule has 2 amide bonds. The van der Waals surface area contributed by atoms with E-state index >= 15 is 0 Å². The number of carbonyl (C=O) groups excluding carboxylic acids is 2. The number of aryl methyl sites for hydroxylation is 2.